The summed E-state index contributed by atoms with van der Waals surface area (Å²) < 4.78 is 5.31. The normalized spacial score (nSPS) is 11.5. The van der Waals surface area contributed by atoms with Crippen molar-refractivity contribution in [3.63, 3.8) is 0 Å². The van der Waals surface area contributed by atoms with Gasteiger partial charge in [0.2, 0.25) is 0 Å². The molecule has 0 aliphatic rings. The Balaban J connectivity index is 0.961. The lowest BCUT2D eigenvalue weighted by atomic mass is 9.98. The van der Waals surface area contributed by atoms with Gasteiger partial charge in [-0.25, -0.2) is 0 Å². The molecule has 2 heterocycles. The number of hydrogen-bond acceptors (Lipinski definition) is 3. The van der Waals surface area contributed by atoms with Crippen molar-refractivity contribution in [3.05, 3.63) is 212 Å². The highest BCUT2D eigenvalue weighted by Gasteiger charge is 2.15. The molecule has 0 saturated heterocycles. The van der Waals surface area contributed by atoms with Gasteiger partial charge in [0.25, 0.3) is 0 Å². The summed E-state index contributed by atoms with van der Waals surface area (Å²) in [6.45, 7) is 0. The summed E-state index contributed by atoms with van der Waals surface area (Å²) >= 11 is 3.72. The number of benzene rings is 9. The van der Waals surface area contributed by atoms with Crippen LogP contribution in [0.15, 0.2) is 212 Å². The summed E-state index contributed by atoms with van der Waals surface area (Å²) in [5, 5.41) is 5.29. The predicted molar refractivity (Wildman–Crippen MR) is 249 cm³/mol. The Morgan fingerprint density at radius 1 is 0.228 bits per heavy atom. The number of anilines is 3. The minimum atomic E-state index is 1.11. The standard InChI is InChI=1S/C54H35NS2/c1-2-9-36(10-3-1)40-11-8-12-41(33-40)37-17-25-44(26-18-37)55(45-27-19-38(20-28-45)42-23-31-53-49(34-42)47-13-4-6-15-51(47)56-53)46-29-21-39(22-30-46)43-24-32-54-50(35-43)48-14-5-7-16-52(48)57-54/h1-35H. The van der Waals surface area contributed by atoms with Gasteiger partial charge in [0.15, 0.2) is 0 Å². The minimum absolute atomic E-state index is 1.11. The van der Waals surface area contributed by atoms with E-state index in [0.717, 1.165) is 17.1 Å². The molecule has 0 unspecified atom stereocenters. The Labute approximate surface area is 340 Å². The molecule has 0 bridgehead atoms. The Kier molecular flexibility index (Phi) is 8.28. The number of hydrogen-bond donors (Lipinski definition) is 0. The predicted octanol–water partition coefficient (Wildman–Crippen LogP) is 16.6. The number of fused-ring (bicyclic) bond motifs is 6. The third-order valence-electron chi connectivity index (χ3n) is 11.1. The van der Waals surface area contributed by atoms with Crippen LogP contribution in [0, 0.1) is 0 Å². The van der Waals surface area contributed by atoms with Crippen LogP contribution in [0.2, 0.25) is 0 Å². The Bertz CT molecular complexity index is 3050. The van der Waals surface area contributed by atoms with Crippen LogP contribution in [0.5, 0.6) is 0 Å². The first kappa shape index (κ1) is 33.5. The van der Waals surface area contributed by atoms with E-state index in [1.165, 1.54) is 84.9 Å². The van der Waals surface area contributed by atoms with Gasteiger partial charge in [0.1, 0.15) is 0 Å². The molecule has 0 N–H and O–H groups in total. The zero-order chi connectivity index (χ0) is 37.7. The SMILES string of the molecule is c1ccc(-c2cccc(-c3ccc(N(c4ccc(-c5ccc6sc7ccccc7c6c5)cc4)c4ccc(-c5ccc6sc7ccccc7c6c5)cc4)cc3)c2)cc1. The zero-order valence-corrected chi connectivity index (χ0v) is 32.6. The van der Waals surface area contributed by atoms with Crippen molar-refractivity contribution in [1.82, 2.24) is 0 Å². The fraction of sp³-hybridized carbons (Fsp3) is 0. The summed E-state index contributed by atoms with van der Waals surface area (Å²) in [7, 11) is 0. The molecule has 57 heavy (non-hydrogen) atoms. The molecule has 9 aromatic carbocycles. The van der Waals surface area contributed by atoms with Crippen molar-refractivity contribution >= 4 is 80.1 Å². The smallest absolute Gasteiger partial charge is 0.0462 e. The van der Waals surface area contributed by atoms with E-state index in [-0.39, 0.29) is 0 Å². The number of rotatable bonds is 7. The Morgan fingerprint density at radius 3 is 1.02 bits per heavy atom. The fourth-order valence-electron chi connectivity index (χ4n) is 8.18. The van der Waals surface area contributed by atoms with Gasteiger partial charge in [0.05, 0.1) is 0 Å². The van der Waals surface area contributed by atoms with Crippen LogP contribution in [0.1, 0.15) is 0 Å². The van der Waals surface area contributed by atoms with Crippen molar-refractivity contribution in [2.75, 3.05) is 4.90 Å². The average Bonchev–Trinajstić information content (AvgIpc) is 3.85. The van der Waals surface area contributed by atoms with Crippen LogP contribution in [-0.4, -0.2) is 0 Å². The second kappa shape index (κ2) is 14.1. The lowest BCUT2D eigenvalue weighted by Gasteiger charge is -2.26. The minimum Gasteiger partial charge on any atom is -0.311 e. The lowest BCUT2D eigenvalue weighted by Crippen LogP contribution is -2.09. The van der Waals surface area contributed by atoms with E-state index in [4.69, 9.17) is 0 Å². The van der Waals surface area contributed by atoms with E-state index in [1.54, 1.807) is 0 Å². The maximum absolute atomic E-state index is 2.36. The topological polar surface area (TPSA) is 3.24 Å². The van der Waals surface area contributed by atoms with Crippen molar-refractivity contribution in [3.8, 4) is 44.5 Å². The van der Waals surface area contributed by atoms with Gasteiger partial charge in [-0.1, -0.05) is 133 Å². The van der Waals surface area contributed by atoms with Gasteiger partial charge in [-0.3, -0.25) is 0 Å². The van der Waals surface area contributed by atoms with Crippen molar-refractivity contribution in [2.24, 2.45) is 0 Å². The van der Waals surface area contributed by atoms with Crippen LogP contribution in [0.4, 0.5) is 17.1 Å². The van der Waals surface area contributed by atoms with Gasteiger partial charge in [0, 0.05) is 57.4 Å². The number of thiophene rings is 2. The first-order valence-corrected chi connectivity index (χ1v) is 20.9. The van der Waals surface area contributed by atoms with E-state index in [0.29, 0.717) is 0 Å². The Hall–Kier alpha value is -6.78. The highest BCUT2D eigenvalue weighted by Crippen LogP contribution is 2.41. The van der Waals surface area contributed by atoms with Gasteiger partial charge in [-0.05, 0) is 123 Å². The third-order valence-corrected chi connectivity index (χ3v) is 13.4. The van der Waals surface area contributed by atoms with Crippen molar-refractivity contribution in [2.45, 2.75) is 0 Å². The van der Waals surface area contributed by atoms with E-state index >= 15 is 0 Å². The maximum atomic E-state index is 2.36. The fourth-order valence-corrected chi connectivity index (χ4v) is 10.3. The maximum Gasteiger partial charge on any atom is 0.0462 e. The molecule has 0 amide bonds. The average molecular weight is 762 g/mol. The molecule has 3 heteroatoms. The highest BCUT2D eigenvalue weighted by molar-refractivity contribution is 7.26. The monoisotopic (exact) mass is 761 g/mol. The second-order valence-corrected chi connectivity index (χ2v) is 16.7. The van der Waals surface area contributed by atoms with Crippen molar-refractivity contribution in [1.29, 1.82) is 0 Å². The highest BCUT2D eigenvalue weighted by atomic mass is 32.1. The largest absolute Gasteiger partial charge is 0.311 e. The quantitative estimate of drug-likeness (QED) is 0.156. The molecule has 0 spiro atoms. The van der Waals surface area contributed by atoms with Gasteiger partial charge >= 0.3 is 0 Å². The first-order chi connectivity index (χ1) is 28.2. The van der Waals surface area contributed by atoms with Gasteiger partial charge in [-0.2, -0.15) is 0 Å². The van der Waals surface area contributed by atoms with Gasteiger partial charge < -0.3 is 4.90 Å². The second-order valence-electron chi connectivity index (χ2n) is 14.5. The van der Waals surface area contributed by atoms with Gasteiger partial charge in [-0.15, -0.1) is 22.7 Å². The van der Waals surface area contributed by atoms with Crippen LogP contribution in [0.3, 0.4) is 0 Å². The van der Waals surface area contributed by atoms with Crippen LogP contribution in [-0.2, 0) is 0 Å². The summed E-state index contributed by atoms with van der Waals surface area (Å²) in [5.74, 6) is 0. The summed E-state index contributed by atoms with van der Waals surface area (Å²) in [6.07, 6.45) is 0. The third kappa shape index (κ3) is 6.18. The van der Waals surface area contributed by atoms with E-state index < -0.39 is 0 Å². The molecule has 0 fully saturated rings. The first-order valence-electron chi connectivity index (χ1n) is 19.3. The molecule has 11 aromatic rings. The zero-order valence-electron chi connectivity index (χ0n) is 31.0. The van der Waals surface area contributed by atoms with E-state index in [2.05, 4.69) is 217 Å². The molecular formula is C54H35NS2. The molecule has 268 valence electrons. The molecule has 0 atom stereocenters. The van der Waals surface area contributed by atoms with Crippen LogP contribution in [0.25, 0.3) is 84.9 Å². The summed E-state index contributed by atoms with van der Waals surface area (Å²) in [6, 6.07) is 77.6. The molecule has 0 aliphatic carbocycles. The Morgan fingerprint density at radius 2 is 0.561 bits per heavy atom. The summed E-state index contributed by atoms with van der Waals surface area (Å²) in [4.78, 5) is 2.36. The molecule has 2 aromatic heterocycles. The summed E-state index contributed by atoms with van der Waals surface area (Å²) in [5.41, 5.74) is 13.0. The molecule has 1 nitrogen and oxygen atoms in total. The van der Waals surface area contributed by atoms with Crippen LogP contribution >= 0.6 is 22.7 Å². The molecule has 11 rings (SSSR count). The molecule has 0 aliphatic heterocycles. The van der Waals surface area contributed by atoms with Crippen LogP contribution < -0.4 is 4.90 Å². The number of nitrogens with zero attached hydrogens (tertiary/aromatic N) is 1. The molecule has 0 radical (unpaired) electrons. The lowest BCUT2D eigenvalue weighted by molar-refractivity contribution is 1.28. The van der Waals surface area contributed by atoms with Crippen molar-refractivity contribution < 1.29 is 0 Å². The van der Waals surface area contributed by atoms with E-state index in [9.17, 15) is 0 Å². The van der Waals surface area contributed by atoms with E-state index in [1.807, 2.05) is 22.7 Å². The molecular weight excluding hydrogens is 727 g/mol. The molecule has 0 saturated carbocycles.